The van der Waals surface area contributed by atoms with Crippen molar-refractivity contribution in [2.45, 2.75) is 24.9 Å². The van der Waals surface area contributed by atoms with E-state index in [1.165, 1.54) is 0 Å². The molecule has 0 aliphatic rings. The van der Waals surface area contributed by atoms with Crippen LogP contribution in [0.5, 0.6) is 0 Å². The molecule has 1 aromatic heterocycles. The molecule has 1 heterocycles. The minimum Gasteiger partial charge on any atom is -0.336 e. The van der Waals surface area contributed by atoms with E-state index in [4.69, 9.17) is 4.55 Å². The zero-order chi connectivity index (χ0) is 8.27. The monoisotopic (exact) mass is 174 g/mol. The number of hydrogen-bond acceptors (Lipinski definition) is 2. The Labute approximate surface area is 67.5 Å². The van der Waals surface area contributed by atoms with Gasteiger partial charge in [-0.05, 0) is 6.42 Å². The second kappa shape index (κ2) is 3.64. The Hall–Kier alpha value is -0.680. The highest BCUT2D eigenvalue weighted by atomic mass is 32.2. The van der Waals surface area contributed by atoms with Crippen molar-refractivity contribution in [1.82, 2.24) is 9.55 Å². The summed E-state index contributed by atoms with van der Waals surface area (Å²) in [6.07, 6.45) is 4.14. The fourth-order valence-electron chi connectivity index (χ4n) is 0.810. The third-order valence-electron chi connectivity index (χ3n) is 1.27. The van der Waals surface area contributed by atoms with E-state index < -0.39 is 11.1 Å². The molecule has 0 aliphatic carbocycles. The minimum absolute atomic E-state index is 0.221. The van der Waals surface area contributed by atoms with Crippen LogP contribution in [0.25, 0.3) is 0 Å². The number of aryl methyl sites for hydroxylation is 1. The van der Waals surface area contributed by atoms with Crippen LogP contribution in [0, 0.1) is 0 Å². The second-order valence-electron chi connectivity index (χ2n) is 2.20. The molecule has 0 saturated heterocycles. The molecule has 1 rings (SSSR count). The lowest BCUT2D eigenvalue weighted by molar-refractivity contribution is 0.560. The molecule has 0 spiro atoms. The molecule has 5 heteroatoms. The molecule has 0 aromatic carbocycles. The van der Waals surface area contributed by atoms with Crippen LogP contribution in [-0.4, -0.2) is 18.3 Å². The van der Waals surface area contributed by atoms with Gasteiger partial charge < -0.3 is 9.12 Å². The van der Waals surface area contributed by atoms with E-state index >= 15 is 0 Å². The highest BCUT2D eigenvalue weighted by Gasteiger charge is 2.02. The molecule has 1 N–H and O–H groups in total. The van der Waals surface area contributed by atoms with Crippen molar-refractivity contribution in [3.05, 3.63) is 12.5 Å². The van der Waals surface area contributed by atoms with E-state index in [9.17, 15) is 4.21 Å². The molecule has 11 heavy (non-hydrogen) atoms. The minimum atomic E-state index is -1.94. The van der Waals surface area contributed by atoms with Crippen LogP contribution in [0.15, 0.2) is 17.6 Å². The molecular weight excluding hydrogens is 164 g/mol. The quantitative estimate of drug-likeness (QED) is 0.692. The first-order chi connectivity index (χ1) is 5.24. The normalized spacial score (nSPS) is 13.3. The lowest BCUT2D eigenvalue weighted by Crippen LogP contribution is -1.92. The van der Waals surface area contributed by atoms with Gasteiger partial charge in [0.05, 0.1) is 6.33 Å². The maximum atomic E-state index is 10.5. The molecule has 0 fully saturated rings. The van der Waals surface area contributed by atoms with Crippen LogP contribution < -0.4 is 0 Å². The molecule has 0 saturated carbocycles. The van der Waals surface area contributed by atoms with E-state index in [0.717, 1.165) is 13.0 Å². The van der Waals surface area contributed by atoms with Gasteiger partial charge in [-0.1, -0.05) is 6.92 Å². The average Bonchev–Trinajstić information content (AvgIpc) is 2.37. The van der Waals surface area contributed by atoms with Gasteiger partial charge in [0.2, 0.25) is 11.1 Å². The fraction of sp³-hybridized carbons (Fsp3) is 0.500. The highest BCUT2D eigenvalue weighted by molar-refractivity contribution is 7.79. The van der Waals surface area contributed by atoms with Gasteiger partial charge in [0.25, 0.3) is 0 Å². The van der Waals surface area contributed by atoms with Crippen LogP contribution in [0.2, 0.25) is 0 Å². The molecule has 0 aliphatic heterocycles. The Morgan fingerprint density at radius 3 is 3.00 bits per heavy atom. The molecule has 1 unspecified atom stereocenters. The predicted molar refractivity (Wildman–Crippen MR) is 41.6 cm³/mol. The molecular formula is C6H10N2O2S. The highest BCUT2D eigenvalue weighted by Crippen LogP contribution is 2.00. The zero-order valence-corrected chi connectivity index (χ0v) is 7.04. The van der Waals surface area contributed by atoms with E-state index in [1.54, 1.807) is 17.1 Å². The summed E-state index contributed by atoms with van der Waals surface area (Å²) in [5, 5.41) is 0.221. The Morgan fingerprint density at radius 1 is 1.82 bits per heavy atom. The molecule has 0 amide bonds. The summed E-state index contributed by atoms with van der Waals surface area (Å²) >= 11 is -1.94. The number of rotatable bonds is 3. The lowest BCUT2D eigenvalue weighted by atomic mass is 10.5. The molecule has 1 atom stereocenters. The third-order valence-corrected chi connectivity index (χ3v) is 1.84. The van der Waals surface area contributed by atoms with Gasteiger partial charge in [0, 0.05) is 12.7 Å². The van der Waals surface area contributed by atoms with Crippen LogP contribution in [-0.2, 0) is 17.6 Å². The van der Waals surface area contributed by atoms with Crippen LogP contribution in [0.3, 0.4) is 0 Å². The van der Waals surface area contributed by atoms with Crippen molar-refractivity contribution in [3.63, 3.8) is 0 Å². The van der Waals surface area contributed by atoms with Crippen molar-refractivity contribution in [2.75, 3.05) is 0 Å². The van der Waals surface area contributed by atoms with Gasteiger partial charge in [-0.3, -0.25) is 0 Å². The van der Waals surface area contributed by atoms with E-state index in [0.29, 0.717) is 0 Å². The van der Waals surface area contributed by atoms with E-state index in [2.05, 4.69) is 4.98 Å². The van der Waals surface area contributed by atoms with Crippen molar-refractivity contribution in [1.29, 1.82) is 0 Å². The maximum Gasteiger partial charge on any atom is 0.207 e. The van der Waals surface area contributed by atoms with Crippen LogP contribution >= 0.6 is 0 Å². The number of aromatic nitrogens is 2. The van der Waals surface area contributed by atoms with E-state index in [-0.39, 0.29) is 5.03 Å². The second-order valence-corrected chi connectivity index (χ2v) is 3.12. The fourth-order valence-corrected chi connectivity index (χ4v) is 1.17. The standard InChI is InChI=1S/C6H10N2O2S/c1-2-3-8-4-6(7-5-8)11(9)10/h4-5H,2-3H2,1H3,(H,9,10). The van der Waals surface area contributed by atoms with Crippen LogP contribution in [0.4, 0.5) is 0 Å². The summed E-state index contributed by atoms with van der Waals surface area (Å²) < 4.78 is 20.9. The Balaban J connectivity index is 2.73. The Bertz CT molecular complexity index is 259. The first-order valence-electron chi connectivity index (χ1n) is 3.36. The predicted octanol–water partition coefficient (Wildman–Crippen LogP) is 0.874. The largest absolute Gasteiger partial charge is 0.336 e. The maximum absolute atomic E-state index is 10.5. The first-order valence-corrected chi connectivity index (χ1v) is 4.47. The van der Waals surface area contributed by atoms with Crippen molar-refractivity contribution in [2.24, 2.45) is 0 Å². The number of nitrogens with zero attached hydrogens (tertiary/aromatic N) is 2. The molecule has 62 valence electrons. The van der Waals surface area contributed by atoms with Gasteiger partial charge in [-0.15, -0.1) is 0 Å². The summed E-state index contributed by atoms with van der Waals surface area (Å²) in [7, 11) is 0. The summed E-state index contributed by atoms with van der Waals surface area (Å²) in [4.78, 5) is 3.75. The summed E-state index contributed by atoms with van der Waals surface area (Å²) in [5.74, 6) is 0. The lowest BCUT2D eigenvalue weighted by Gasteiger charge is -1.94. The molecule has 0 bridgehead atoms. The Morgan fingerprint density at radius 2 is 2.55 bits per heavy atom. The Kier molecular flexibility index (Phi) is 2.78. The molecule has 1 aromatic rings. The van der Waals surface area contributed by atoms with Gasteiger partial charge >= 0.3 is 0 Å². The summed E-state index contributed by atoms with van der Waals surface area (Å²) in [5.41, 5.74) is 0. The van der Waals surface area contributed by atoms with Crippen molar-refractivity contribution < 1.29 is 8.76 Å². The number of hydrogen-bond donors (Lipinski definition) is 1. The van der Waals surface area contributed by atoms with Crippen molar-refractivity contribution >= 4 is 11.1 Å². The summed E-state index contributed by atoms with van der Waals surface area (Å²) in [6.45, 7) is 2.87. The molecule has 0 radical (unpaired) electrons. The number of imidazole rings is 1. The van der Waals surface area contributed by atoms with Gasteiger partial charge in [0.15, 0.2) is 5.03 Å². The summed E-state index contributed by atoms with van der Waals surface area (Å²) in [6, 6.07) is 0. The first kappa shape index (κ1) is 8.42. The smallest absolute Gasteiger partial charge is 0.207 e. The van der Waals surface area contributed by atoms with Crippen LogP contribution in [0.1, 0.15) is 13.3 Å². The average molecular weight is 174 g/mol. The van der Waals surface area contributed by atoms with Gasteiger partial charge in [-0.25, -0.2) is 9.19 Å². The van der Waals surface area contributed by atoms with Gasteiger partial charge in [0.1, 0.15) is 0 Å². The zero-order valence-electron chi connectivity index (χ0n) is 6.23. The van der Waals surface area contributed by atoms with Crippen molar-refractivity contribution in [3.8, 4) is 0 Å². The van der Waals surface area contributed by atoms with E-state index in [1.807, 2.05) is 6.92 Å². The topological polar surface area (TPSA) is 55.1 Å². The SMILES string of the molecule is CCCn1cnc(S(=O)O)c1. The molecule has 4 nitrogen and oxygen atoms in total. The third kappa shape index (κ3) is 2.13. The van der Waals surface area contributed by atoms with Gasteiger partial charge in [-0.2, -0.15) is 0 Å².